The predicted octanol–water partition coefficient (Wildman–Crippen LogP) is 5.69. The quantitative estimate of drug-likeness (QED) is 0.362. The van der Waals surface area contributed by atoms with E-state index in [0.29, 0.717) is 21.4 Å². The standard InChI is InChI=1S/C25H17Cl2FN2O4/c1-14-2-8-19(12-21(14)27)30-24(32)20(23(31)29-25(30)33)11-16-10-17(26)5-9-22(16)34-13-15-3-6-18(28)7-4-15/h2-12H,13H2,1H3,(H,29,31,33)/b20-11+. The maximum Gasteiger partial charge on any atom is 0.335 e. The van der Waals surface area contributed by atoms with Crippen molar-refractivity contribution in [1.29, 1.82) is 0 Å². The summed E-state index contributed by atoms with van der Waals surface area (Å²) >= 11 is 12.3. The number of aryl methyl sites for hydroxylation is 1. The minimum Gasteiger partial charge on any atom is -0.488 e. The molecule has 4 amide bonds. The molecule has 0 bridgehead atoms. The van der Waals surface area contributed by atoms with Gasteiger partial charge in [-0.2, -0.15) is 0 Å². The fraction of sp³-hybridized carbons (Fsp3) is 0.0800. The molecule has 1 heterocycles. The topological polar surface area (TPSA) is 75.7 Å². The first kappa shape index (κ1) is 23.5. The van der Waals surface area contributed by atoms with Gasteiger partial charge in [0.2, 0.25) is 0 Å². The Balaban J connectivity index is 1.67. The average molecular weight is 499 g/mol. The van der Waals surface area contributed by atoms with E-state index in [1.165, 1.54) is 30.3 Å². The maximum absolute atomic E-state index is 13.2. The summed E-state index contributed by atoms with van der Waals surface area (Å²) in [6.07, 6.45) is 1.30. The minimum atomic E-state index is -0.883. The van der Waals surface area contributed by atoms with E-state index >= 15 is 0 Å². The summed E-state index contributed by atoms with van der Waals surface area (Å²) in [6, 6.07) is 14.3. The number of ether oxygens (including phenoxy) is 1. The molecule has 0 unspecified atom stereocenters. The average Bonchev–Trinajstić information content (AvgIpc) is 2.79. The van der Waals surface area contributed by atoms with Gasteiger partial charge in [-0.1, -0.05) is 41.4 Å². The monoisotopic (exact) mass is 498 g/mol. The number of nitrogens with zero attached hydrogens (tertiary/aromatic N) is 1. The first-order valence-corrected chi connectivity index (χ1v) is 10.8. The van der Waals surface area contributed by atoms with Gasteiger partial charge in [-0.3, -0.25) is 14.9 Å². The van der Waals surface area contributed by atoms with Crippen LogP contribution in [0.3, 0.4) is 0 Å². The summed E-state index contributed by atoms with van der Waals surface area (Å²) in [5, 5.41) is 2.88. The molecular formula is C25H17Cl2FN2O4. The van der Waals surface area contributed by atoms with E-state index in [9.17, 15) is 18.8 Å². The van der Waals surface area contributed by atoms with Crippen LogP contribution in [0.25, 0.3) is 6.08 Å². The van der Waals surface area contributed by atoms with E-state index in [1.54, 1.807) is 43.3 Å². The summed E-state index contributed by atoms with van der Waals surface area (Å²) < 4.78 is 19.0. The molecule has 1 saturated heterocycles. The molecule has 3 aromatic rings. The highest BCUT2D eigenvalue weighted by molar-refractivity contribution is 6.39. The summed E-state index contributed by atoms with van der Waals surface area (Å²) in [5.74, 6) is -1.70. The molecule has 34 heavy (non-hydrogen) atoms. The molecule has 0 aliphatic carbocycles. The molecule has 6 nitrogen and oxygen atoms in total. The molecule has 0 aromatic heterocycles. The van der Waals surface area contributed by atoms with Gasteiger partial charge in [0, 0.05) is 15.6 Å². The van der Waals surface area contributed by atoms with Gasteiger partial charge < -0.3 is 4.74 Å². The van der Waals surface area contributed by atoms with Crippen molar-refractivity contribution in [2.45, 2.75) is 13.5 Å². The smallest absolute Gasteiger partial charge is 0.335 e. The number of hydrogen-bond acceptors (Lipinski definition) is 4. The van der Waals surface area contributed by atoms with E-state index < -0.39 is 17.8 Å². The van der Waals surface area contributed by atoms with Crippen molar-refractivity contribution in [1.82, 2.24) is 5.32 Å². The third-order valence-corrected chi connectivity index (χ3v) is 5.74. The molecule has 1 aliphatic heterocycles. The zero-order valence-electron chi connectivity index (χ0n) is 17.8. The molecule has 9 heteroatoms. The van der Waals surface area contributed by atoms with Crippen LogP contribution in [0.5, 0.6) is 5.75 Å². The number of hydrogen-bond donors (Lipinski definition) is 1. The number of benzene rings is 3. The minimum absolute atomic E-state index is 0.116. The van der Waals surface area contributed by atoms with Crippen molar-refractivity contribution in [3.8, 4) is 5.75 Å². The van der Waals surface area contributed by atoms with Gasteiger partial charge in [-0.25, -0.2) is 14.1 Å². The van der Waals surface area contributed by atoms with Crippen LogP contribution >= 0.6 is 23.2 Å². The van der Waals surface area contributed by atoms with Crippen molar-refractivity contribution in [3.63, 3.8) is 0 Å². The Hall–Kier alpha value is -3.68. The van der Waals surface area contributed by atoms with Crippen LogP contribution in [0.4, 0.5) is 14.9 Å². The molecular weight excluding hydrogens is 482 g/mol. The highest BCUT2D eigenvalue weighted by Crippen LogP contribution is 2.30. The largest absolute Gasteiger partial charge is 0.488 e. The van der Waals surface area contributed by atoms with Crippen molar-refractivity contribution in [2.24, 2.45) is 0 Å². The van der Waals surface area contributed by atoms with Gasteiger partial charge in [0.15, 0.2) is 0 Å². The second-order valence-electron chi connectivity index (χ2n) is 7.49. The van der Waals surface area contributed by atoms with Gasteiger partial charge in [-0.15, -0.1) is 0 Å². The van der Waals surface area contributed by atoms with Gasteiger partial charge in [0.05, 0.1) is 5.69 Å². The zero-order chi connectivity index (χ0) is 24.4. The van der Waals surface area contributed by atoms with E-state index in [0.717, 1.165) is 16.0 Å². The molecule has 0 radical (unpaired) electrons. The van der Waals surface area contributed by atoms with Crippen molar-refractivity contribution >= 4 is 52.8 Å². The third-order valence-electron chi connectivity index (χ3n) is 5.09. The molecule has 0 saturated carbocycles. The van der Waals surface area contributed by atoms with Crippen molar-refractivity contribution in [3.05, 3.63) is 98.8 Å². The van der Waals surface area contributed by atoms with Crippen LogP contribution in [0, 0.1) is 12.7 Å². The molecule has 0 spiro atoms. The summed E-state index contributed by atoms with van der Waals surface area (Å²) in [7, 11) is 0. The second-order valence-corrected chi connectivity index (χ2v) is 8.33. The number of carbonyl (C=O) groups excluding carboxylic acids is 3. The van der Waals surface area contributed by atoms with Gasteiger partial charge in [-0.05, 0) is 66.6 Å². The summed E-state index contributed by atoms with van der Waals surface area (Å²) in [6.45, 7) is 1.90. The fourth-order valence-corrected chi connectivity index (χ4v) is 3.63. The molecule has 0 atom stereocenters. The zero-order valence-corrected chi connectivity index (χ0v) is 19.3. The Morgan fingerprint density at radius 2 is 1.74 bits per heavy atom. The molecule has 172 valence electrons. The third kappa shape index (κ3) is 4.95. The predicted molar refractivity (Wildman–Crippen MR) is 127 cm³/mol. The molecule has 3 aromatic carbocycles. The summed E-state index contributed by atoms with van der Waals surface area (Å²) in [4.78, 5) is 39.0. The van der Waals surface area contributed by atoms with Crippen LogP contribution in [0.15, 0.2) is 66.2 Å². The number of carbonyl (C=O) groups is 3. The Labute approximate surface area is 204 Å². The van der Waals surface area contributed by atoms with Gasteiger partial charge in [0.1, 0.15) is 23.7 Å². The van der Waals surface area contributed by atoms with E-state index in [1.807, 2.05) is 0 Å². The number of urea groups is 1. The number of amides is 4. The lowest BCUT2D eigenvalue weighted by Gasteiger charge is -2.26. The highest BCUT2D eigenvalue weighted by Gasteiger charge is 2.37. The molecule has 1 fully saturated rings. The Kier molecular flexibility index (Phi) is 6.68. The molecule has 4 rings (SSSR count). The first-order valence-electron chi connectivity index (χ1n) is 10.1. The lowest BCUT2D eigenvalue weighted by atomic mass is 10.1. The fourth-order valence-electron chi connectivity index (χ4n) is 3.27. The van der Waals surface area contributed by atoms with E-state index in [-0.39, 0.29) is 23.7 Å². The van der Waals surface area contributed by atoms with Crippen molar-refractivity contribution < 1.29 is 23.5 Å². The van der Waals surface area contributed by atoms with Gasteiger partial charge in [0.25, 0.3) is 11.8 Å². The van der Waals surface area contributed by atoms with Gasteiger partial charge >= 0.3 is 6.03 Å². The lowest BCUT2D eigenvalue weighted by molar-refractivity contribution is -0.122. The number of imide groups is 2. The molecule has 1 N–H and O–H groups in total. The number of rotatable bonds is 5. The van der Waals surface area contributed by atoms with Crippen LogP contribution in [0.2, 0.25) is 10.0 Å². The maximum atomic E-state index is 13.2. The molecule has 1 aliphatic rings. The number of anilines is 1. The summed E-state index contributed by atoms with van der Waals surface area (Å²) in [5.41, 5.74) is 1.77. The normalized spacial score (nSPS) is 15.0. The first-order chi connectivity index (χ1) is 16.2. The van der Waals surface area contributed by atoms with Crippen LogP contribution in [-0.4, -0.2) is 17.8 Å². The van der Waals surface area contributed by atoms with Crippen LogP contribution < -0.4 is 15.0 Å². The van der Waals surface area contributed by atoms with Crippen molar-refractivity contribution in [2.75, 3.05) is 4.90 Å². The highest BCUT2D eigenvalue weighted by atomic mass is 35.5. The number of halogens is 3. The van der Waals surface area contributed by atoms with Crippen LogP contribution in [0.1, 0.15) is 16.7 Å². The lowest BCUT2D eigenvalue weighted by Crippen LogP contribution is -2.54. The number of barbiturate groups is 1. The Morgan fingerprint density at radius 3 is 2.44 bits per heavy atom. The Morgan fingerprint density at radius 1 is 1.00 bits per heavy atom. The van der Waals surface area contributed by atoms with E-state index in [4.69, 9.17) is 27.9 Å². The number of nitrogens with one attached hydrogen (secondary N) is 1. The van der Waals surface area contributed by atoms with Crippen LogP contribution in [-0.2, 0) is 16.2 Å². The SMILES string of the molecule is Cc1ccc(N2C(=O)NC(=O)/C(=C\c3cc(Cl)ccc3OCc3ccc(F)cc3)C2=O)cc1Cl. The Bertz CT molecular complexity index is 1340. The second kappa shape index (κ2) is 9.67. The van der Waals surface area contributed by atoms with E-state index in [2.05, 4.69) is 5.32 Å².